The van der Waals surface area contributed by atoms with Gasteiger partial charge in [-0.1, -0.05) is 31.2 Å². The van der Waals surface area contributed by atoms with Crippen LogP contribution in [0.3, 0.4) is 0 Å². The summed E-state index contributed by atoms with van der Waals surface area (Å²) in [5.41, 5.74) is 2.35. The summed E-state index contributed by atoms with van der Waals surface area (Å²) >= 11 is 0. The van der Waals surface area contributed by atoms with E-state index in [0.29, 0.717) is 36.9 Å². The predicted molar refractivity (Wildman–Crippen MR) is 118 cm³/mol. The van der Waals surface area contributed by atoms with Gasteiger partial charge in [0.2, 0.25) is 5.91 Å². The molecule has 30 heavy (non-hydrogen) atoms. The molecule has 1 aromatic heterocycles. The molecular formula is C24H33N3O3. The van der Waals surface area contributed by atoms with Crippen molar-refractivity contribution in [2.45, 2.75) is 65.3 Å². The van der Waals surface area contributed by atoms with E-state index >= 15 is 0 Å². The summed E-state index contributed by atoms with van der Waals surface area (Å²) in [7, 11) is 0. The Kier molecular flexibility index (Phi) is 7.69. The Labute approximate surface area is 179 Å². The summed E-state index contributed by atoms with van der Waals surface area (Å²) in [6.45, 7) is 10.3. The van der Waals surface area contributed by atoms with Gasteiger partial charge in [-0.15, -0.1) is 0 Å². The molecule has 2 unspecified atom stereocenters. The van der Waals surface area contributed by atoms with E-state index in [-0.39, 0.29) is 12.0 Å². The maximum Gasteiger partial charge on any atom is 0.257 e. The van der Waals surface area contributed by atoms with Crippen molar-refractivity contribution in [1.82, 2.24) is 15.2 Å². The molecule has 2 heterocycles. The molecule has 3 atom stereocenters. The molecule has 0 radical (unpaired) electrons. The van der Waals surface area contributed by atoms with E-state index in [4.69, 9.17) is 9.47 Å². The van der Waals surface area contributed by atoms with E-state index in [1.54, 1.807) is 13.1 Å². The third-order valence-electron chi connectivity index (χ3n) is 5.76. The molecule has 6 nitrogen and oxygen atoms in total. The molecule has 0 saturated carbocycles. The number of pyridine rings is 1. The zero-order chi connectivity index (χ0) is 21.5. The topological polar surface area (TPSA) is 63.7 Å². The smallest absolute Gasteiger partial charge is 0.257 e. The number of benzene rings is 1. The van der Waals surface area contributed by atoms with Gasteiger partial charge < -0.3 is 14.8 Å². The summed E-state index contributed by atoms with van der Waals surface area (Å²) in [4.78, 5) is 17.9. The first-order valence-corrected chi connectivity index (χ1v) is 10.8. The van der Waals surface area contributed by atoms with Gasteiger partial charge >= 0.3 is 0 Å². The summed E-state index contributed by atoms with van der Waals surface area (Å²) in [5, 5.41) is 2.91. The third kappa shape index (κ3) is 5.72. The van der Waals surface area contributed by atoms with Crippen molar-refractivity contribution >= 4 is 5.91 Å². The lowest BCUT2D eigenvalue weighted by atomic mass is 10.0. The molecular weight excluding hydrogens is 378 g/mol. The summed E-state index contributed by atoms with van der Waals surface area (Å²) in [6.07, 6.45) is 3.58. The Morgan fingerprint density at radius 1 is 1.23 bits per heavy atom. The van der Waals surface area contributed by atoms with Gasteiger partial charge in [0.25, 0.3) is 5.88 Å². The quantitative estimate of drug-likeness (QED) is 0.673. The molecule has 1 aliphatic rings. The van der Waals surface area contributed by atoms with Crippen LogP contribution in [0.15, 0.2) is 42.6 Å². The van der Waals surface area contributed by atoms with E-state index < -0.39 is 0 Å². The number of fused-ring (bicyclic) bond motifs is 1. The fraction of sp³-hybridized carbons (Fsp3) is 0.500. The zero-order valence-electron chi connectivity index (χ0n) is 18.4. The number of rotatable bonds is 9. The minimum Gasteiger partial charge on any atom is -0.484 e. The van der Waals surface area contributed by atoms with Crippen LogP contribution in [0.2, 0.25) is 0 Å². The number of hydrogen-bond donors (Lipinski definition) is 1. The molecule has 0 spiro atoms. The second-order valence-electron chi connectivity index (χ2n) is 8.02. The van der Waals surface area contributed by atoms with Gasteiger partial charge in [0.1, 0.15) is 6.61 Å². The lowest BCUT2D eigenvalue weighted by Gasteiger charge is -2.34. The Morgan fingerprint density at radius 2 is 2.00 bits per heavy atom. The van der Waals surface area contributed by atoms with Crippen LogP contribution in [-0.4, -0.2) is 41.0 Å². The van der Waals surface area contributed by atoms with E-state index in [0.717, 1.165) is 24.9 Å². The Morgan fingerprint density at radius 3 is 2.70 bits per heavy atom. The Hall–Kier alpha value is -2.60. The highest BCUT2D eigenvalue weighted by atomic mass is 16.6. The maximum atomic E-state index is 11.2. The van der Waals surface area contributed by atoms with Gasteiger partial charge in [-0.3, -0.25) is 9.69 Å². The highest BCUT2D eigenvalue weighted by molar-refractivity contribution is 5.72. The molecule has 2 aromatic rings. The molecule has 1 amide bonds. The predicted octanol–water partition coefficient (Wildman–Crippen LogP) is 4.11. The molecule has 6 heteroatoms. The fourth-order valence-electron chi connectivity index (χ4n) is 3.72. The molecule has 1 aromatic carbocycles. The molecule has 1 N–H and O–H groups in total. The Balaban J connectivity index is 1.63. The number of hydrogen-bond acceptors (Lipinski definition) is 5. The number of carbonyl (C=O) groups is 1. The summed E-state index contributed by atoms with van der Waals surface area (Å²) < 4.78 is 11.8. The molecule has 0 fully saturated rings. The lowest BCUT2D eigenvalue weighted by Crippen LogP contribution is -2.41. The average Bonchev–Trinajstić information content (AvgIpc) is 2.76. The molecule has 3 rings (SSSR count). The van der Waals surface area contributed by atoms with Crippen LogP contribution < -0.4 is 14.8 Å². The maximum absolute atomic E-state index is 11.2. The van der Waals surface area contributed by atoms with Gasteiger partial charge in [-0.05, 0) is 49.9 Å². The van der Waals surface area contributed by atoms with Gasteiger partial charge in [-0.2, -0.15) is 0 Å². The Bertz CT molecular complexity index is 825. The van der Waals surface area contributed by atoms with Crippen molar-refractivity contribution < 1.29 is 14.3 Å². The van der Waals surface area contributed by atoms with Crippen molar-refractivity contribution in [3.8, 4) is 11.6 Å². The van der Waals surface area contributed by atoms with Crippen molar-refractivity contribution in [1.29, 1.82) is 0 Å². The first-order chi connectivity index (χ1) is 14.5. The monoisotopic (exact) mass is 411 g/mol. The largest absolute Gasteiger partial charge is 0.484 e. The first kappa shape index (κ1) is 22.1. The van der Waals surface area contributed by atoms with Crippen LogP contribution in [-0.2, 0) is 11.3 Å². The van der Waals surface area contributed by atoms with E-state index in [2.05, 4.69) is 60.2 Å². The van der Waals surface area contributed by atoms with Gasteiger partial charge in [0.05, 0.1) is 0 Å². The number of carbonyl (C=O) groups excluding carboxylic acids is 1. The number of aromatic nitrogens is 1. The second-order valence-corrected chi connectivity index (χ2v) is 8.02. The van der Waals surface area contributed by atoms with Crippen molar-refractivity contribution in [2.24, 2.45) is 0 Å². The van der Waals surface area contributed by atoms with Crippen LogP contribution in [0.25, 0.3) is 0 Å². The molecule has 0 aliphatic carbocycles. The van der Waals surface area contributed by atoms with Gasteiger partial charge in [0, 0.05) is 38.3 Å². The number of nitrogens with one attached hydrogen (secondary N) is 1. The number of ether oxygens (including phenoxy) is 2. The van der Waals surface area contributed by atoms with Gasteiger partial charge in [-0.25, -0.2) is 4.98 Å². The van der Waals surface area contributed by atoms with Crippen molar-refractivity contribution in [2.75, 3.05) is 13.2 Å². The van der Waals surface area contributed by atoms with Crippen LogP contribution in [0.4, 0.5) is 0 Å². The normalized spacial score (nSPS) is 17.4. The van der Waals surface area contributed by atoms with Crippen molar-refractivity contribution in [3.63, 3.8) is 0 Å². The van der Waals surface area contributed by atoms with E-state index in [1.807, 2.05) is 12.1 Å². The lowest BCUT2D eigenvalue weighted by molar-refractivity contribution is -0.119. The fourth-order valence-corrected chi connectivity index (χ4v) is 3.72. The van der Waals surface area contributed by atoms with Crippen LogP contribution in [0, 0.1) is 0 Å². The average molecular weight is 412 g/mol. The summed E-state index contributed by atoms with van der Waals surface area (Å²) in [6, 6.07) is 13.1. The highest BCUT2D eigenvalue weighted by Crippen LogP contribution is 2.34. The van der Waals surface area contributed by atoms with Crippen LogP contribution in [0.1, 0.15) is 57.8 Å². The minimum absolute atomic E-state index is 0.0274. The molecule has 162 valence electrons. The van der Waals surface area contributed by atoms with E-state index in [9.17, 15) is 4.79 Å². The SMILES string of the molecule is CCC(C)N(Cc1ccc([C@H]2COc3cccnc3O2)cc1)C(C)CCNC(C)=O. The van der Waals surface area contributed by atoms with E-state index in [1.165, 1.54) is 5.56 Å². The van der Waals surface area contributed by atoms with Gasteiger partial charge in [0.15, 0.2) is 11.9 Å². The molecule has 1 aliphatic heterocycles. The molecule has 0 bridgehead atoms. The molecule has 0 saturated heterocycles. The first-order valence-electron chi connectivity index (χ1n) is 10.8. The third-order valence-corrected chi connectivity index (χ3v) is 5.76. The number of amides is 1. The standard InChI is InChI=1S/C24H33N3O3/c1-5-17(2)27(18(3)12-14-25-19(4)28)15-20-8-10-21(11-9-20)23-16-29-22-7-6-13-26-24(22)30-23/h6-11,13,17-18,23H,5,12,14-16H2,1-4H3,(H,25,28)/t17?,18?,23-/m1/s1. The highest BCUT2D eigenvalue weighted by Gasteiger charge is 2.24. The van der Waals surface area contributed by atoms with Crippen LogP contribution in [0.5, 0.6) is 11.6 Å². The summed E-state index contributed by atoms with van der Waals surface area (Å²) in [5.74, 6) is 1.27. The van der Waals surface area contributed by atoms with Crippen molar-refractivity contribution in [3.05, 3.63) is 53.7 Å². The zero-order valence-corrected chi connectivity index (χ0v) is 18.4. The van der Waals surface area contributed by atoms with Crippen LogP contribution >= 0.6 is 0 Å². The number of nitrogens with zero attached hydrogens (tertiary/aromatic N) is 2. The minimum atomic E-state index is -0.149. The second kappa shape index (κ2) is 10.4.